The van der Waals surface area contributed by atoms with E-state index in [4.69, 9.17) is 5.14 Å². The predicted octanol–water partition coefficient (Wildman–Crippen LogP) is 0.998. The Kier molecular flexibility index (Phi) is 1.74. The topological polar surface area (TPSA) is 60.2 Å². The van der Waals surface area contributed by atoms with Crippen LogP contribution < -0.4 is 5.14 Å². The molecule has 0 aromatic heterocycles. The molecule has 2 fully saturated rings. The van der Waals surface area contributed by atoms with Crippen LogP contribution in [-0.2, 0) is 10.0 Å². The van der Waals surface area contributed by atoms with Gasteiger partial charge in [0.15, 0.2) is 0 Å². The van der Waals surface area contributed by atoms with Crippen molar-refractivity contribution < 1.29 is 8.42 Å². The van der Waals surface area contributed by atoms with Gasteiger partial charge in [-0.1, -0.05) is 6.42 Å². The van der Waals surface area contributed by atoms with E-state index in [0.717, 1.165) is 19.3 Å². The van der Waals surface area contributed by atoms with E-state index in [0.29, 0.717) is 5.41 Å². The molecule has 70 valence electrons. The van der Waals surface area contributed by atoms with Crippen molar-refractivity contribution in [3.63, 3.8) is 0 Å². The van der Waals surface area contributed by atoms with E-state index in [1.165, 1.54) is 19.3 Å². The van der Waals surface area contributed by atoms with Crippen molar-refractivity contribution in [2.75, 3.05) is 0 Å². The Bertz CT molecular complexity index is 279. The molecule has 0 aliphatic heterocycles. The summed E-state index contributed by atoms with van der Waals surface area (Å²) in [7, 11) is -3.26. The van der Waals surface area contributed by atoms with Gasteiger partial charge < -0.3 is 0 Å². The molecule has 1 unspecified atom stereocenters. The zero-order valence-electron chi connectivity index (χ0n) is 7.12. The van der Waals surface area contributed by atoms with Crippen molar-refractivity contribution in [1.29, 1.82) is 0 Å². The minimum Gasteiger partial charge on any atom is -0.228 e. The molecule has 0 heterocycles. The molecule has 2 aliphatic carbocycles. The highest BCUT2D eigenvalue weighted by atomic mass is 32.2. The molecule has 0 radical (unpaired) electrons. The summed E-state index contributed by atoms with van der Waals surface area (Å²) in [5.74, 6) is 0. The van der Waals surface area contributed by atoms with Crippen LogP contribution in [0.25, 0.3) is 0 Å². The van der Waals surface area contributed by atoms with Crippen LogP contribution >= 0.6 is 0 Å². The van der Waals surface area contributed by atoms with Crippen LogP contribution in [0.3, 0.4) is 0 Å². The third-order valence-corrected chi connectivity index (χ3v) is 4.65. The van der Waals surface area contributed by atoms with Crippen molar-refractivity contribution in [2.24, 2.45) is 10.6 Å². The fourth-order valence-corrected chi connectivity index (χ4v) is 3.38. The Morgan fingerprint density at radius 1 is 1.25 bits per heavy atom. The number of nitrogens with two attached hydrogens (primary N) is 1. The first-order valence-electron chi connectivity index (χ1n) is 4.54. The molecule has 0 aromatic rings. The average molecular weight is 189 g/mol. The molecule has 1 spiro atoms. The van der Waals surface area contributed by atoms with Crippen LogP contribution in [0.4, 0.5) is 0 Å². The summed E-state index contributed by atoms with van der Waals surface area (Å²) >= 11 is 0. The monoisotopic (exact) mass is 189 g/mol. The Hall–Kier alpha value is -0.0900. The highest BCUT2D eigenvalue weighted by molar-refractivity contribution is 7.89. The Morgan fingerprint density at radius 3 is 2.42 bits per heavy atom. The number of rotatable bonds is 1. The lowest BCUT2D eigenvalue weighted by Gasteiger charge is -2.27. The van der Waals surface area contributed by atoms with E-state index >= 15 is 0 Å². The second-order valence-electron chi connectivity index (χ2n) is 4.31. The summed E-state index contributed by atoms with van der Waals surface area (Å²) < 4.78 is 22.2. The highest BCUT2D eigenvalue weighted by Gasteiger charge is 2.47. The molecule has 0 aromatic carbocycles. The molecule has 2 N–H and O–H groups in total. The third-order valence-electron chi connectivity index (χ3n) is 3.32. The summed E-state index contributed by atoms with van der Waals surface area (Å²) in [5.41, 5.74) is 0.398. The first-order valence-corrected chi connectivity index (χ1v) is 6.14. The lowest BCUT2D eigenvalue weighted by Crippen LogP contribution is -2.33. The molecule has 2 rings (SSSR count). The van der Waals surface area contributed by atoms with Gasteiger partial charge in [-0.3, -0.25) is 0 Å². The quantitative estimate of drug-likeness (QED) is 0.669. The summed E-state index contributed by atoms with van der Waals surface area (Å²) in [4.78, 5) is 0. The molecule has 2 saturated carbocycles. The van der Waals surface area contributed by atoms with E-state index in [-0.39, 0.29) is 5.25 Å². The van der Waals surface area contributed by atoms with Gasteiger partial charge in [-0.15, -0.1) is 0 Å². The maximum Gasteiger partial charge on any atom is 0.211 e. The minimum atomic E-state index is -3.26. The second-order valence-corrected chi connectivity index (χ2v) is 6.15. The largest absolute Gasteiger partial charge is 0.228 e. The second kappa shape index (κ2) is 2.45. The van der Waals surface area contributed by atoms with Gasteiger partial charge in [0.1, 0.15) is 0 Å². The normalized spacial score (nSPS) is 33.6. The van der Waals surface area contributed by atoms with E-state index < -0.39 is 10.0 Å². The lowest BCUT2D eigenvalue weighted by atomic mass is 9.86. The van der Waals surface area contributed by atoms with Gasteiger partial charge in [0.2, 0.25) is 10.0 Å². The van der Waals surface area contributed by atoms with Crippen LogP contribution in [0.1, 0.15) is 38.5 Å². The fraction of sp³-hybridized carbons (Fsp3) is 1.00. The van der Waals surface area contributed by atoms with Crippen molar-refractivity contribution in [2.45, 2.75) is 43.8 Å². The standard InChI is InChI=1S/C8H15NO2S/c9-12(10,11)7-2-1-3-8(6-7)4-5-8/h7H,1-6H2,(H2,9,10,11). The maximum absolute atomic E-state index is 11.1. The van der Waals surface area contributed by atoms with Crippen LogP contribution in [0.5, 0.6) is 0 Å². The van der Waals surface area contributed by atoms with Crippen LogP contribution in [0.2, 0.25) is 0 Å². The molecular weight excluding hydrogens is 174 g/mol. The molecule has 12 heavy (non-hydrogen) atoms. The van der Waals surface area contributed by atoms with E-state index in [1.54, 1.807) is 0 Å². The van der Waals surface area contributed by atoms with Crippen LogP contribution in [0, 0.1) is 5.41 Å². The molecule has 0 saturated heterocycles. The maximum atomic E-state index is 11.1. The Morgan fingerprint density at radius 2 is 1.92 bits per heavy atom. The molecular formula is C8H15NO2S. The fourth-order valence-electron chi connectivity index (χ4n) is 2.30. The zero-order chi connectivity index (χ0) is 8.82. The molecule has 4 heteroatoms. The molecule has 1 atom stereocenters. The lowest BCUT2D eigenvalue weighted by molar-refractivity contribution is 0.336. The first kappa shape index (κ1) is 8.51. The first-order chi connectivity index (χ1) is 5.52. The van der Waals surface area contributed by atoms with Gasteiger partial charge >= 0.3 is 0 Å². The van der Waals surface area contributed by atoms with Crippen molar-refractivity contribution in [3.05, 3.63) is 0 Å². The minimum absolute atomic E-state index is 0.242. The number of hydrogen-bond acceptors (Lipinski definition) is 2. The van der Waals surface area contributed by atoms with Gasteiger partial charge in [0, 0.05) is 0 Å². The van der Waals surface area contributed by atoms with Gasteiger partial charge in [0.25, 0.3) is 0 Å². The number of sulfonamides is 1. The summed E-state index contributed by atoms with van der Waals surface area (Å²) in [6.07, 6.45) is 6.31. The molecule has 3 nitrogen and oxygen atoms in total. The highest BCUT2D eigenvalue weighted by Crippen LogP contribution is 2.56. The van der Waals surface area contributed by atoms with Crippen molar-refractivity contribution >= 4 is 10.0 Å². The van der Waals surface area contributed by atoms with Gasteiger partial charge in [-0.05, 0) is 37.5 Å². The van der Waals surface area contributed by atoms with Crippen molar-refractivity contribution in [1.82, 2.24) is 0 Å². The average Bonchev–Trinajstić information content (AvgIpc) is 2.68. The number of primary sulfonamides is 1. The summed E-state index contributed by atoms with van der Waals surface area (Å²) in [6, 6.07) is 0. The van der Waals surface area contributed by atoms with E-state index in [2.05, 4.69) is 0 Å². The number of hydrogen-bond donors (Lipinski definition) is 1. The van der Waals surface area contributed by atoms with Gasteiger partial charge in [-0.25, -0.2) is 13.6 Å². The summed E-state index contributed by atoms with van der Waals surface area (Å²) in [6.45, 7) is 0. The predicted molar refractivity (Wildman–Crippen MR) is 47.0 cm³/mol. The SMILES string of the molecule is NS(=O)(=O)C1CCCC2(CC2)C1. The Balaban J connectivity index is 2.09. The molecule has 0 amide bonds. The van der Waals surface area contributed by atoms with E-state index in [9.17, 15) is 8.42 Å². The third kappa shape index (κ3) is 1.50. The molecule has 2 aliphatic rings. The van der Waals surface area contributed by atoms with Crippen molar-refractivity contribution in [3.8, 4) is 0 Å². The summed E-state index contributed by atoms with van der Waals surface area (Å²) in [5, 5.41) is 4.89. The molecule has 0 bridgehead atoms. The Labute approximate surface area is 73.4 Å². The smallest absolute Gasteiger partial charge is 0.211 e. The van der Waals surface area contributed by atoms with Crippen LogP contribution in [-0.4, -0.2) is 13.7 Å². The van der Waals surface area contributed by atoms with Gasteiger partial charge in [-0.2, -0.15) is 0 Å². The zero-order valence-corrected chi connectivity index (χ0v) is 7.94. The van der Waals surface area contributed by atoms with E-state index in [1.807, 2.05) is 0 Å². The van der Waals surface area contributed by atoms with Crippen LogP contribution in [0.15, 0.2) is 0 Å². The van der Waals surface area contributed by atoms with Gasteiger partial charge in [0.05, 0.1) is 5.25 Å².